The van der Waals surface area contributed by atoms with Gasteiger partial charge in [-0.15, -0.1) is 0 Å². The molecule has 1 unspecified atom stereocenters. The van der Waals surface area contributed by atoms with E-state index in [4.69, 9.17) is 9.84 Å². The molecule has 0 fully saturated rings. The van der Waals surface area contributed by atoms with Gasteiger partial charge >= 0.3 is 18.0 Å². The number of aliphatic hydroxyl groups excluding tert-OH is 1. The molecule has 2 rings (SSSR count). The van der Waals surface area contributed by atoms with Crippen molar-refractivity contribution in [2.45, 2.75) is 32.4 Å². The highest BCUT2D eigenvalue weighted by Crippen LogP contribution is 2.23. The van der Waals surface area contributed by atoms with Crippen molar-refractivity contribution in [3.05, 3.63) is 54.1 Å². The molecule has 0 aliphatic rings. The Morgan fingerprint density at radius 1 is 0.909 bits per heavy atom. The summed E-state index contributed by atoms with van der Waals surface area (Å²) in [5, 5.41) is 30.6. The standard InChI is InChI=1S/C24H30N2O7/c1-15(2)13-26(14-21(27)23(30)31)24(32)25-20(22(28)29)12-16-4-6-17(7-5-16)18-8-10-19(33-3)11-9-18/h4-11,15,20-21,27H,12-14H2,1-3H3,(H,25,32)(H,28,29)(H,30,31)/t20-,21?/m0/s1. The first-order valence-electron chi connectivity index (χ1n) is 10.5. The topological polar surface area (TPSA) is 136 Å². The fraction of sp³-hybridized carbons (Fsp3) is 0.375. The van der Waals surface area contributed by atoms with Crippen molar-refractivity contribution in [2.24, 2.45) is 5.92 Å². The van der Waals surface area contributed by atoms with Crippen LogP contribution in [0.3, 0.4) is 0 Å². The number of carboxylic acids is 2. The summed E-state index contributed by atoms with van der Waals surface area (Å²) in [7, 11) is 1.60. The molecule has 178 valence electrons. The average Bonchev–Trinajstić information content (AvgIpc) is 2.78. The summed E-state index contributed by atoms with van der Waals surface area (Å²) in [4.78, 5) is 36.5. The average molecular weight is 459 g/mol. The minimum absolute atomic E-state index is 0.00878. The van der Waals surface area contributed by atoms with Crippen LogP contribution in [0.25, 0.3) is 11.1 Å². The predicted octanol–water partition coefficient (Wildman–Crippen LogP) is 2.47. The number of nitrogens with one attached hydrogen (secondary N) is 1. The van der Waals surface area contributed by atoms with Gasteiger partial charge in [0, 0.05) is 13.0 Å². The van der Waals surface area contributed by atoms with Crippen LogP contribution in [-0.4, -0.2) is 70.5 Å². The van der Waals surface area contributed by atoms with E-state index in [1.165, 1.54) is 0 Å². The van der Waals surface area contributed by atoms with Gasteiger partial charge in [0.2, 0.25) is 0 Å². The first kappa shape index (κ1) is 25.7. The Kier molecular flexibility index (Phi) is 9.23. The Hall–Kier alpha value is -3.59. The highest BCUT2D eigenvalue weighted by atomic mass is 16.5. The number of hydrogen-bond acceptors (Lipinski definition) is 5. The lowest BCUT2D eigenvalue weighted by Crippen LogP contribution is -2.52. The molecule has 2 aromatic rings. The number of methoxy groups -OCH3 is 1. The van der Waals surface area contributed by atoms with Gasteiger partial charge in [-0.25, -0.2) is 14.4 Å². The Bertz CT molecular complexity index is 942. The molecule has 2 atom stereocenters. The molecule has 9 heteroatoms. The van der Waals surface area contributed by atoms with Crippen LogP contribution < -0.4 is 10.1 Å². The molecule has 0 aliphatic carbocycles. The summed E-state index contributed by atoms with van der Waals surface area (Å²) in [5.41, 5.74) is 2.63. The highest BCUT2D eigenvalue weighted by Gasteiger charge is 2.27. The minimum atomic E-state index is -1.76. The number of carbonyl (C=O) groups excluding carboxylic acids is 1. The van der Waals surface area contributed by atoms with Crippen LogP contribution in [0, 0.1) is 5.92 Å². The van der Waals surface area contributed by atoms with Gasteiger partial charge in [-0.2, -0.15) is 0 Å². The van der Waals surface area contributed by atoms with Crippen molar-refractivity contribution < 1.29 is 34.4 Å². The molecule has 0 saturated heterocycles. The van der Waals surface area contributed by atoms with Crippen molar-refractivity contribution in [3.8, 4) is 16.9 Å². The van der Waals surface area contributed by atoms with Crippen LogP contribution in [0.4, 0.5) is 4.79 Å². The van der Waals surface area contributed by atoms with E-state index in [1.54, 1.807) is 19.2 Å². The quantitative estimate of drug-likeness (QED) is 0.406. The number of amides is 2. The van der Waals surface area contributed by atoms with Crippen LogP contribution >= 0.6 is 0 Å². The molecule has 2 aromatic carbocycles. The number of urea groups is 1. The van der Waals surface area contributed by atoms with Crippen LogP contribution in [0.1, 0.15) is 19.4 Å². The maximum atomic E-state index is 12.7. The Balaban J connectivity index is 2.09. The lowest BCUT2D eigenvalue weighted by atomic mass is 10.0. The van der Waals surface area contributed by atoms with E-state index in [1.807, 2.05) is 50.2 Å². The zero-order chi connectivity index (χ0) is 24.5. The fourth-order valence-corrected chi connectivity index (χ4v) is 3.26. The second-order valence-electron chi connectivity index (χ2n) is 8.12. The van der Waals surface area contributed by atoms with Crippen molar-refractivity contribution in [1.82, 2.24) is 10.2 Å². The van der Waals surface area contributed by atoms with E-state index >= 15 is 0 Å². The van der Waals surface area contributed by atoms with Gasteiger partial charge in [-0.1, -0.05) is 50.2 Å². The van der Waals surface area contributed by atoms with Gasteiger partial charge in [0.05, 0.1) is 13.7 Å². The molecular formula is C24H30N2O7. The number of nitrogens with zero attached hydrogens (tertiary/aromatic N) is 1. The van der Waals surface area contributed by atoms with Crippen LogP contribution in [0.15, 0.2) is 48.5 Å². The number of hydrogen-bond donors (Lipinski definition) is 4. The Labute approximate surface area is 192 Å². The summed E-state index contributed by atoms with van der Waals surface area (Å²) >= 11 is 0. The maximum Gasteiger partial charge on any atom is 0.334 e. The largest absolute Gasteiger partial charge is 0.497 e. The second kappa shape index (κ2) is 11.9. The first-order chi connectivity index (χ1) is 15.6. The van der Waals surface area contributed by atoms with E-state index in [0.29, 0.717) is 5.56 Å². The summed E-state index contributed by atoms with van der Waals surface area (Å²) in [6, 6.07) is 12.9. The highest BCUT2D eigenvalue weighted by molar-refractivity contribution is 5.83. The molecule has 0 radical (unpaired) electrons. The summed E-state index contributed by atoms with van der Waals surface area (Å²) < 4.78 is 5.16. The number of aliphatic hydroxyl groups is 1. The molecule has 0 bridgehead atoms. The van der Waals surface area contributed by atoms with Gasteiger partial charge in [0.15, 0.2) is 6.10 Å². The van der Waals surface area contributed by atoms with Crippen molar-refractivity contribution in [3.63, 3.8) is 0 Å². The molecule has 0 saturated carbocycles. The number of carbonyl (C=O) groups is 3. The fourth-order valence-electron chi connectivity index (χ4n) is 3.26. The lowest BCUT2D eigenvalue weighted by molar-refractivity contribution is -0.147. The molecule has 4 N–H and O–H groups in total. The predicted molar refractivity (Wildman–Crippen MR) is 122 cm³/mol. The third-order valence-electron chi connectivity index (χ3n) is 4.96. The molecule has 33 heavy (non-hydrogen) atoms. The van der Waals surface area contributed by atoms with Crippen LogP contribution in [0.2, 0.25) is 0 Å². The molecule has 0 aromatic heterocycles. The van der Waals surface area contributed by atoms with Crippen LogP contribution in [-0.2, 0) is 16.0 Å². The van der Waals surface area contributed by atoms with E-state index < -0.39 is 36.7 Å². The van der Waals surface area contributed by atoms with Gasteiger partial charge < -0.3 is 30.3 Å². The third-order valence-corrected chi connectivity index (χ3v) is 4.96. The van der Waals surface area contributed by atoms with Crippen molar-refractivity contribution in [1.29, 1.82) is 0 Å². The molecular weight excluding hydrogens is 428 g/mol. The molecule has 9 nitrogen and oxygen atoms in total. The SMILES string of the molecule is COc1ccc(-c2ccc(C[C@H](NC(=O)N(CC(C)C)CC(O)C(=O)O)C(=O)O)cc2)cc1. The molecule has 0 heterocycles. The number of aliphatic carboxylic acids is 2. The van der Waals surface area contributed by atoms with E-state index in [0.717, 1.165) is 21.8 Å². The van der Waals surface area contributed by atoms with Gasteiger partial charge in [-0.3, -0.25) is 0 Å². The van der Waals surface area contributed by atoms with Gasteiger partial charge in [0.1, 0.15) is 11.8 Å². The van der Waals surface area contributed by atoms with Gasteiger partial charge in [-0.05, 0) is 34.7 Å². The number of rotatable bonds is 11. The van der Waals surface area contributed by atoms with E-state index in [9.17, 15) is 24.6 Å². The summed E-state index contributed by atoms with van der Waals surface area (Å²) in [6.07, 6.45) is -1.72. The zero-order valence-corrected chi connectivity index (χ0v) is 18.9. The smallest absolute Gasteiger partial charge is 0.334 e. The monoisotopic (exact) mass is 458 g/mol. The van der Waals surface area contributed by atoms with E-state index in [-0.39, 0.29) is 18.9 Å². The van der Waals surface area contributed by atoms with Gasteiger partial charge in [0.25, 0.3) is 0 Å². The Morgan fingerprint density at radius 2 is 1.45 bits per heavy atom. The van der Waals surface area contributed by atoms with Crippen molar-refractivity contribution in [2.75, 3.05) is 20.2 Å². The third kappa shape index (κ3) is 7.80. The molecule has 0 aliphatic heterocycles. The lowest BCUT2D eigenvalue weighted by Gasteiger charge is -2.27. The molecule has 0 spiro atoms. The first-order valence-corrected chi connectivity index (χ1v) is 10.5. The molecule has 2 amide bonds. The Morgan fingerprint density at radius 3 is 1.91 bits per heavy atom. The van der Waals surface area contributed by atoms with E-state index in [2.05, 4.69) is 5.32 Å². The second-order valence-corrected chi connectivity index (χ2v) is 8.12. The zero-order valence-electron chi connectivity index (χ0n) is 18.9. The number of ether oxygens (including phenoxy) is 1. The van der Waals surface area contributed by atoms with Crippen LogP contribution in [0.5, 0.6) is 5.75 Å². The maximum absolute atomic E-state index is 12.7. The number of benzene rings is 2. The normalized spacial score (nSPS) is 12.6. The summed E-state index contributed by atoms with van der Waals surface area (Å²) in [5.74, 6) is -1.93. The van der Waals surface area contributed by atoms with Crippen molar-refractivity contribution >= 4 is 18.0 Å². The minimum Gasteiger partial charge on any atom is -0.497 e. The number of carboxylic acid groups (broad SMARTS) is 2. The summed E-state index contributed by atoms with van der Waals surface area (Å²) in [6.45, 7) is 3.38.